The molecule has 0 N–H and O–H groups in total. The van der Waals surface area contributed by atoms with E-state index in [1.165, 1.54) is 5.56 Å². The van der Waals surface area contributed by atoms with E-state index in [9.17, 15) is 4.79 Å². The van der Waals surface area contributed by atoms with Crippen LogP contribution in [-0.4, -0.2) is 38.1 Å². The van der Waals surface area contributed by atoms with Gasteiger partial charge in [0, 0.05) is 12.6 Å². The molecule has 0 saturated heterocycles. The molecule has 0 aliphatic carbocycles. The molecule has 22 heavy (non-hydrogen) atoms. The van der Waals surface area contributed by atoms with E-state index in [2.05, 4.69) is 26.3 Å². The predicted octanol–water partition coefficient (Wildman–Crippen LogP) is 3.97. The summed E-state index contributed by atoms with van der Waals surface area (Å²) in [6.45, 7) is 14.8. The Morgan fingerprint density at radius 3 is 1.95 bits per heavy atom. The third-order valence-electron chi connectivity index (χ3n) is 2.15. The maximum absolute atomic E-state index is 10.4. The Hall–Kier alpha value is -2.39. The van der Waals surface area contributed by atoms with Gasteiger partial charge in [0.25, 0.3) is 0 Å². The number of rotatable bonds is 6. The predicted molar refractivity (Wildman–Crippen MR) is 96.6 cm³/mol. The van der Waals surface area contributed by atoms with Gasteiger partial charge in [-0.15, -0.1) is 0 Å². The van der Waals surface area contributed by atoms with Crippen molar-refractivity contribution in [3.8, 4) is 0 Å². The normalized spacial score (nSPS) is 8.32. The van der Waals surface area contributed by atoms with Crippen LogP contribution in [0.3, 0.4) is 0 Å². The zero-order valence-electron chi connectivity index (χ0n) is 13.7. The number of ether oxygens (including phenoxy) is 1. The first-order chi connectivity index (χ1) is 10.5. The van der Waals surface area contributed by atoms with Gasteiger partial charge in [0.1, 0.15) is 6.61 Å². The molecular weight excluding hydrogens is 274 g/mol. The van der Waals surface area contributed by atoms with Crippen molar-refractivity contribution in [2.24, 2.45) is 0 Å². The number of nitrogens with zero attached hydrogens (tertiary/aromatic N) is 1. The Bertz CT molecular complexity index is 430. The molecule has 0 aliphatic rings. The molecule has 0 heterocycles. The second kappa shape index (κ2) is 16.7. The highest BCUT2D eigenvalue weighted by molar-refractivity contribution is 5.81. The first kappa shape index (κ1) is 21.9. The van der Waals surface area contributed by atoms with Gasteiger partial charge in [-0.25, -0.2) is 4.79 Å². The molecule has 0 aliphatic heterocycles. The molecular formula is C19H27NO2. The molecule has 0 atom stereocenters. The lowest BCUT2D eigenvalue weighted by atomic mass is 10.2. The third kappa shape index (κ3) is 17.6. The number of carbonyl (C=O) groups excluding carboxylic acids is 1. The van der Waals surface area contributed by atoms with Crippen LogP contribution in [0.4, 0.5) is 0 Å². The first-order valence-electron chi connectivity index (χ1n) is 6.86. The van der Waals surface area contributed by atoms with Gasteiger partial charge in [0.15, 0.2) is 0 Å². The van der Waals surface area contributed by atoms with Crippen LogP contribution in [-0.2, 0) is 9.53 Å². The Kier molecular flexibility index (Phi) is 16.6. The quantitative estimate of drug-likeness (QED) is 0.452. The smallest absolute Gasteiger partial charge is 0.330 e. The van der Waals surface area contributed by atoms with Crippen molar-refractivity contribution < 1.29 is 9.53 Å². The van der Waals surface area contributed by atoms with E-state index in [1.54, 1.807) is 12.2 Å². The molecule has 3 heteroatoms. The fraction of sp³-hybridized carbons (Fsp3) is 0.211. The molecule has 0 spiro atoms. The van der Waals surface area contributed by atoms with Crippen molar-refractivity contribution in [2.45, 2.75) is 0 Å². The van der Waals surface area contributed by atoms with Gasteiger partial charge in [-0.05, 0) is 19.7 Å². The van der Waals surface area contributed by atoms with Crippen LogP contribution in [0, 0.1) is 0 Å². The molecule has 0 fully saturated rings. The summed E-state index contributed by atoms with van der Waals surface area (Å²) >= 11 is 0. The van der Waals surface area contributed by atoms with Crippen molar-refractivity contribution in [3.63, 3.8) is 0 Å². The molecule has 0 aromatic heterocycles. The van der Waals surface area contributed by atoms with E-state index in [1.807, 2.05) is 55.4 Å². The van der Waals surface area contributed by atoms with E-state index >= 15 is 0 Å². The van der Waals surface area contributed by atoms with Gasteiger partial charge < -0.3 is 9.64 Å². The summed E-state index contributed by atoms with van der Waals surface area (Å²) in [6, 6.07) is 10.0. The van der Waals surface area contributed by atoms with Crippen LogP contribution in [0.25, 0.3) is 6.08 Å². The largest absolute Gasteiger partial charge is 0.461 e. The Balaban J connectivity index is 0. The van der Waals surface area contributed by atoms with Gasteiger partial charge in [-0.1, -0.05) is 74.9 Å². The van der Waals surface area contributed by atoms with Crippen LogP contribution in [0.1, 0.15) is 5.56 Å². The van der Waals surface area contributed by atoms with Crippen LogP contribution >= 0.6 is 0 Å². The SMILES string of the molecule is C=CC(=O)OCCN(C)C.C=CC=C.C=Cc1ccccc1. The van der Waals surface area contributed by atoms with Gasteiger partial charge in [0.05, 0.1) is 0 Å². The number of carbonyl (C=O) groups is 1. The molecule has 0 unspecified atom stereocenters. The molecule has 1 rings (SSSR count). The van der Waals surface area contributed by atoms with Crippen molar-refractivity contribution in [3.05, 3.63) is 80.4 Å². The molecule has 3 nitrogen and oxygen atoms in total. The lowest BCUT2D eigenvalue weighted by Gasteiger charge is -2.07. The van der Waals surface area contributed by atoms with Gasteiger partial charge in [0.2, 0.25) is 0 Å². The Labute approximate surface area is 134 Å². The van der Waals surface area contributed by atoms with Gasteiger partial charge in [-0.2, -0.15) is 0 Å². The van der Waals surface area contributed by atoms with Gasteiger partial charge in [-0.3, -0.25) is 0 Å². The summed E-state index contributed by atoms with van der Waals surface area (Å²) < 4.78 is 4.70. The zero-order chi connectivity index (χ0) is 17.2. The third-order valence-corrected chi connectivity index (χ3v) is 2.15. The van der Waals surface area contributed by atoms with Crippen molar-refractivity contribution in [1.82, 2.24) is 4.90 Å². The fourth-order valence-electron chi connectivity index (χ4n) is 0.977. The van der Waals surface area contributed by atoms with Crippen LogP contribution in [0.15, 0.2) is 74.9 Å². The Morgan fingerprint density at radius 2 is 1.64 bits per heavy atom. The molecule has 0 bridgehead atoms. The summed E-state index contributed by atoms with van der Waals surface area (Å²) in [6.07, 6.45) is 6.27. The van der Waals surface area contributed by atoms with E-state index in [-0.39, 0.29) is 5.97 Å². The number of allylic oxidation sites excluding steroid dienone is 2. The lowest BCUT2D eigenvalue weighted by molar-refractivity contribution is -0.137. The molecule has 1 aromatic carbocycles. The highest BCUT2D eigenvalue weighted by Gasteiger charge is 1.94. The second-order valence-corrected chi connectivity index (χ2v) is 4.26. The lowest BCUT2D eigenvalue weighted by Crippen LogP contribution is -2.19. The molecule has 120 valence electrons. The highest BCUT2D eigenvalue weighted by Crippen LogP contribution is 1.97. The number of esters is 1. The summed E-state index contributed by atoms with van der Waals surface area (Å²) in [5.41, 5.74) is 1.17. The summed E-state index contributed by atoms with van der Waals surface area (Å²) in [5, 5.41) is 0. The van der Waals surface area contributed by atoms with Crippen molar-refractivity contribution >= 4 is 12.0 Å². The summed E-state index contributed by atoms with van der Waals surface area (Å²) in [4.78, 5) is 12.4. The minimum absolute atomic E-state index is 0.359. The second-order valence-electron chi connectivity index (χ2n) is 4.26. The first-order valence-corrected chi connectivity index (χ1v) is 6.86. The van der Waals surface area contributed by atoms with E-state index in [0.717, 1.165) is 12.6 Å². The molecule has 1 aromatic rings. The Morgan fingerprint density at radius 1 is 1.09 bits per heavy atom. The van der Waals surface area contributed by atoms with Crippen molar-refractivity contribution in [1.29, 1.82) is 0 Å². The maximum Gasteiger partial charge on any atom is 0.330 e. The minimum Gasteiger partial charge on any atom is -0.461 e. The maximum atomic E-state index is 10.4. The number of hydrogen-bond donors (Lipinski definition) is 0. The topological polar surface area (TPSA) is 29.5 Å². The minimum atomic E-state index is -0.359. The average Bonchev–Trinajstić information content (AvgIpc) is 2.55. The van der Waals surface area contributed by atoms with Crippen LogP contribution in [0.5, 0.6) is 0 Å². The standard InChI is InChI=1S/C8H8.C7H13NO2.C4H6/c1-2-8-6-4-3-5-7-8;1-4-7(9)10-6-5-8(2)3;1-3-4-2/h2-7H,1H2;4H,1,5-6H2,2-3H3;3-4H,1-2H2. The number of likely N-dealkylation sites (N-methyl/N-ethyl adjacent to an activating group) is 1. The van der Waals surface area contributed by atoms with Crippen molar-refractivity contribution in [2.75, 3.05) is 27.2 Å². The van der Waals surface area contributed by atoms with Gasteiger partial charge >= 0.3 is 5.97 Å². The van der Waals surface area contributed by atoms with E-state index in [0.29, 0.717) is 6.61 Å². The molecule has 0 radical (unpaired) electrons. The number of hydrogen-bond acceptors (Lipinski definition) is 3. The van der Waals surface area contributed by atoms with Crippen LogP contribution in [0.2, 0.25) is 0 Å². The monoisotopic (exact) mass is 301 g/mol. The van der Waals surface area contributed by atoms with E-state index in [4.69, 9.17) is 4.74 Å². The zero-order valence-corrected chi connectivity index (χ0v) is 13.7. The molecule has 0 saturated carbocycles. The average molecular weight is 301 g/mol. The van der Waals surface area contributed by atoms with Crippen LogP contribution < -0.4 is 0 Å². The summed E-state index contributed by atoms with van der Waals surface area (Å²) in [7, 11) is 3.84. The molecule has 0 amide bonds. The number of benzene rings is 1. The van der Waals surface area contributed by atoms with E-state index < -0.39 is 0 Å². The fourth-order valence-corrected chi connectivity index (χ4v) is 0.977. The summed E-state index contributed by atoms with van der Waals surface area (Å²) in [5.74, 6) is -0.359. The highest BCUT2D eigenvalue weighted by atomic mass is 16.5.